The fraction of sp³-hybridized carbons (Fsp3) is 0.316. The number of benzene rings is 1. The highest BCUT2D eigenvalue weighted by atomic mass is 32.1. The molecule has 1 aliphatic rings. The third kappa shape index (κ3) is 3.40. The molecule has 1 aromatic carbocycles. The second-order valence-electron chi connectivity index (χ2n) is 6.61. The number of aromatic nitrogens is 1. The summed E-state index contributed by atoms with van der Waals surface area (Å²) < 4.78 is 6.12. The molecule has 0 atom stereocenters. The van der Waals surface area contributed by atoms with Crippen molar-refractivity contribution in [3.8, 4) is 0 Å². The van der Waals surface area contributed by atoms with Crippen molar-refractivity contribution in [1.29, 1.82) is 0 Å². The number of furan rings is 1. The quantitative estimate of drug-likeness (QED) is 0.733. The van der Waals surface area contributed by atoms with Gasteiger partial charge in [-0.05, 0) is 43.2 Å². The highest BCUT2D eigenvalue weighted by Gasteiger charge is 2.25. The highest BCUT2D eigenvalue weighted by molar-refractivity contribution is 7.22. The number of carbonyl (C=O) groups excluding carboxylic acids is 2. The topological polar surface area (TPSA) is 92.7 Å². The summed E-state index contributed by atoms with van der Waals surface area (Å²) in [5.74, 6) is 0.171. The van der Waals surface area contributed by atoms with Gasteiger partial charge in [0.15, 0.2) is 10.9 Å². The minimum absolute atomic E-state index is 0.0285. The lowest BCUT2D eigenvalue weighted by atomic mass is 10.1. The van der Waals surface area contributed by atoms with E-state index in [4.69, 9.17) is 10.2 Å². The van der Waals surface area contributed by atoms with Crippen LogP contribution in [0.15, 0.2) is 34.9 Å². The summed E-state index contributed by atoms with van der Waals surface area (Å²) in [6, 6.07) is 7.08. The van der Waals surface area contributed by atoms with Gasteiger partial charge in [-0.25, -0.2) is 4.98 Å². The molecule has 0 radical (unpaired) electrons. The van der Waals surface area contributed by atoms with Crippen molar-refractivity contribution in [3.63, 3.8) is 0 Å². The maximum atomic E-state index is 13.0. The Morgan fingerprint density at radius 1 is 1.15 bits per heavy atom. The molecule has 1 aliphatic heterocycles. The lowest BCUT2D eigenvalue weighted by molar-refractivity contribution is 0.0700. The van der Waals surface area contributed by atoms with Gasteiger partial charge in [-0.15, -0.1) is 0 Å². The standard InChI is InChI=1S/C19H20N4O3S/c1-12-10-13(11-15-16(12)21-19(20)27-15)17(24)22-5-3-6-23(8-7-22)18(25)14-4-2-9-26-14/h2,4,9-11H,3,5-8H2,1H3,(H2,20,21). The van der Waals surface area contributed by atoms with E-state index in [2.05, 4.69) is 4.98 Å². The molecule has 8 heteroatoms. The maximum Gasteiger partial charge on any atom is 0.289 e. The summed E-state index contributed by atoms with van der Waals surface area (Å²) in [4.78, 5) is 33.3. The second-order valence-corrected chi connectivity index (χ2v) is 7.67. The first-order valence-electron chi connectivity index (χ1n) is 8.81. The molecule has 2 N–H and O–H groups in total. The third-order valence-electron chi connectivity index (χ3n) is 4.75. The van der Waals surface area contributed by atoms with E-state index in [0.29, 0.717) is 42.6 Å². The van der Waals surface area contributed by atoms with Crippen LogP contribution in [0.1, 0.15) is 32.9 Å². The van der Waals surface area contributed by atoms with Crippen LogP contribution in [0, 0.1) is 6.92 Å². The molecule has 0 spiro atoms. The van der Waals surface area contributed by atoms with Crippen molar-refractivity contribution >= 4 is 38.5 Å². The minimum Gasteiger partial charge on any atom is -0.459 e. The van der Waals surface area contributed by atoms with Crippen molar-refractivity contribution in [3.05, 3.63) is 47.4 Å². The minimum atomic E-state index is -0.133. The Balaban J connectivity index is 1.50. The molecule has 7 nitrogen and oxygen atoms in total. The van der Waals surface area contributed by atoms with Crippen LogP contribution in [0.4, 0.5) is 5.13 Å². The zero-order chi connectivity index (χ0) is 19.0. The molecule has 0 saturated carbocycles. The van der Waals surface area contributed by atoms with Gasteiger partial charge in [-0.2, -0.15) is 0 Å². The van der Waals surface area contributed by atoms with Crippen LogP contribution >= 0.6 is 11.3 Å². The fourth-order valence-electron chi connectivity index (χ4n) is 3.40. The Bertz CT molecular complexity index is 996. The molecule has 1 saturated heterocycles. The molecule has 140 valence electrons. The van der Waals surface area contributed by atoms with E-state index in [1.54, 1.807) is 21.9 Å². The number of amides is 2. The molecular weight excluding hydrogens is 364 g/mol. The first kappa shape index (κ1) is 17.5. The SMILES string of the molecule is Cc1cc(C(=O)N2CCCN(C(=O)c3ccco3)CC2)cc2sc(N)nc12. The number of anilines is 1. The van der Waals surface area contributed by atoms with E-state index in [0.717, 1.165) is 22.2 Å². The molecule has 3 heterocycles. The van der Waals surface area contributed by atoms with Gasteiger partial charge in [0, 0.05) is 31.7 Å². The van der Waals surface area contributed by atoms with E-state index in [1.807, 2.05) is 19.1 Å². The molecule has 27 heavy (non-hydrogen) atoms. The molecule has 2 amide bonds. The molecule has 3 aromatic rings. The zero-order valence-corrected chi connectivity index (χ0v) is 15.8. The van der Waals surface area contributed by atoms with E-state index in [-0.39, 0.29) is 11.8 Å². The molecule has 0 bridgehead atoms. The number of fused-ring (bicyclic) bond motifs is 1. The van der Waals surface area contributed by atoms with Crippen molar-refractivity contribution in [2.75, 3.05) is 31.9 Å². The number of hydrogen-bond acceptors (Lipinski definition) is 6. The Labute approximate surface area is 160 Å². The Kier molecular flexibility index (Phi) is 4.57. The monoisotopic (exact) mass is 384 g/mol. The number of carbonyl (C=O) groups is 2. The van der Waals surface area contributed by atoms with Crippen molar-refractivity contribution in [2.24, 2.45) is 0 Å². The predicted octanol–water partition coefficient (Wildman–Crippen LogP) is 2.77. The number of nitrogens with zero attached hydrogens (tertiary/aromatic N) is 3. The van der Waals surface area contributed by atoms with Gasteiger partial charge in [-0.1, -0.05) is 11.3 Å². The second kappa shape index (κ2) is 7.03. The van der Waals surface area contributed by atoms with Gasteiger partial charge >= 0.3 is 0 Å². The Morgan fingerprint density at radius 3 is 2.59 bits per heavy atom. The number of nitrogen functional groups attached to an aromatic ring is 1. The smallest absolute Gasteiger partial charge is 0.289 e. The predicted molar refractivity (Wildman–Crippen MR) is 104 cm³/mol. The first-order chi connectivity index (χ1) is 13.0. The van der Waals surface area contributed by atoms with Gasteiger partial charge in [0.05, 0.1) is 16.5 Å². The van der Waals surface area contributed by atoms with E-state index in [9.17, 15) is 9.59 Å². The molecule has 1 fully saturated rings. The Morgan fingerprint density at radius 2 is 1.89 bits per heavy atom. The van der Waals surface area contributed by atoms with E-state index >= 15 is 0 Å². The van der Waals surface area contributed by atoms with Gasteiger partial charge in [0.2, 0.25) is 0 Å². The number of nitrogens with two attached hydrogens (primary N) is 1. The van der Waals surface area contributed by atoms with Gasteiger partial charge in [0.25, 0.3) is 11.8 Å². The number of thiazole rings is 1. The maximum absolute atomic E-state index is 13.0. The lowest BCUT2D eigenvalue weighted by Gasteiger charge is -2.22. The van der Waals surface area contributed by atoms with Crippen LogP contribution in [0.2, 0.25) is 0 Å². The average molecular weight is 384 g/mol. The van der Waals surface area contributed by atoms with Gasteiger partial charge in [0.1, 0.15) is 0 Å². The van der Waals surface area contributed by atoms with Gasteiger partial charge in [-0.3, -0.25) is 9.59 Å². The molecule has 2 aromatic heterocycles. The largest absolute Gasteiger partial charge is 0.459 e. The average Bonchev–Trinajstić information content (AvgIpc) is 3.24. The van der Waals surface area contributed by atoms with Crippen LogP contribution in [0.25, 0.3) is 10.2 Å². The highest BCUT2D eigenvalue weighted by Crippen LogP contribution is 2.28. The zero-order valence-electron chi connectivity index (χ0n) is 15.0. The third-order valence-corrected chi connectivity index (χ3v) is 5.58. The van der Waals surface area contributed by atoms with Crippen LogP contribution in [0.5, 0.6) is 0 Å². The normalized spacial score (nSPS) is 15.1. The Hall–Kier alpha value is -2.87. The van der Waals surface area contributed by atoms with Crippen molar-refractivity contribution in [1.82, 2.24) is 14.8 Å². The van der Waals surface area contributed by atoms with E-state index in [1.165, 1.54) is 17.6 Å². The van der Waals surface area contributed by atoms with Crippen LogP contribution in [-0.4, -0.2) is 52.8 Å². The molecular formula is C19H20N4O3S. The van der Waals surface area contributed by atoms with Crippen LogP contribution < -0.4 is 5.73 Å². The van der Waals surface area contributed by atoms with Crippen molar-refractivity contribution in [2.45, 2.75) is 13.3 Å². The summed E-state index contributed by atoms with van der Waals surface area (Å²) in [6.07, 6.45) is 2.22. The fourth-order valence-corrected chi connectivity index (χ4v) is 4.25. The number of aryl methyl sites for hydroxylation is 1. The van der Waals surface area contributed by atoms with Crippen LogP contribution in [-0.2, 0) is 0 Å². The summed E-state index contributed by atoms with van der Waals surface area (Å²) in [7, 11) is 0. The van der Waals surface area contributed by atoms with Crippen molar-refractivity contribution < 1.29 is 14.0 Å². The number of hydrogen-bond donors (Lipinski definition) is 1. The van der Waals surface area contributed by atoms with Crippen LogP contribution in [0.3, 0.4) is 0 Å². The first-order valence-corrected chi connectivity index (χ1v) is 9.63. The summed E-state index contributed by atoms with van der Waals surface area (Å²) in [5.41, 5.74) is 8.22. The van der Waals surface area contributed by atoms with E-state index < -0.39 is 0 Å². The summed E-state index contributed by atoms with van der Waals surface area (Å²) in [5, 5.41) is 0.500. The number of rotatable bonds is 2. The summed E-state index contributed by atoms with van der Waals surface area (Å²) >= 11 is 1.38. The molecule has 0 aliphatic carbocycles. The summed E-state index contributed by atoms with van der Waals surface area (Å²) in [6.45, 7) is 4.13. The van der Waals surface area contributed by atoms with Gasteiger partial charge < -0.3 is 20.0 Å². The lowest BCUT2D eigenvalue weighted by Crippen LogP contribution is -2.37. The molecule has 0 unspecified atom stereocenters. The molecule has 4 rings (SSSR count).